The van der Waals surface area contributed by atoms with Crippen molar-refractivity contribution in [3.8, 4) is 0 Å². The van der Waals surface area contributed by atoms with Gasteiger partial charge in [0.1, 0.15) is 12.6 Å². The summed E-state index contributed by atoms with van der Waals surface area (Å²) in [6, 6.07) is 3.37. The zero-order valence-corrected chi connectivity index (χ0v) is 19.9. The molecule has 1 radical (unpaired) electrons. The van der Waals surface area contributed by atoms with Crippen LogP contribution in [0.4, 0.5) is 5.69 Å². The van der Waals surface area contributed by atoms with Gasteiger partial charge in [-0.3, -0.25) is 14.4 Å². The number of amides is 3. The predicted octanol–water partition coefficient (Wildman–Crippen LogP) is -2.65. The van der Waals surface area contributed by atoms with E-state index in [1.807, 2.05) is 0 Å². The van der Waals surface area contributed by atoms with E-state index in [2.05, 4.69) is 16.0 Å². The van der Waals surface area contributed by atoms with E-state index in [0.717, 1.165) is 11.8 Å². The van der Waals surface area contributed by atoms with Gasteiger partial charge in [0.15, 0.2) is 0 Å². The van der Waals surface area contributed by atoms with Crippen LogP contribution in [0.1, 0.15) is 12.8 Å². The van der Waals surface area contributed by atoms with E-state index < -0.39 is 63.2 Å². The number of hydrogen-bond acceptors (Lipinski definition) is 8. The molecule has 13 nitrogen and oxygen atoms in total. The van der Waals surface area contributed by atoms with Gasteiger partial charge in [-0.05, 0) is 6.42 Å². The van der Waals surface area contributed by atoms with Crippen molar-refractivity contribution in [2.75, 3.05) is 23.4 Å². The number of nitrogens with two attached hydrogens (primary N) is 1. The number of aliphatic carboxylic acids is 2. The van der Waals surface area contributed by atoms with Gasteiger partial charge in [0.25, 0.3) is 0 Å². The molecule has 33 heavy (non-hydrogen) atoms. The summed E-state index contributed by atoms with van der Waals surface area (Å²) in [6.45, 7) is -0.669. The number of carbonyl (C=O) groups is 5. The van der Waals surface area contributed by atoms with E-state index >= 15 is 0 Å². The van der Waals surface area contributed by atoms with Crippen molar-refractivity contribution in [3.05, 3.63) is 24.3 Å². The Labute approximate surface area is 197 Å². The van der Waals surface area contributed by atoms with Crippen LogP contribution < -0.4 is 26.0 Å². The van der Waals surface area contributed by atoms with Gasteiger partial charge in [0, 0.05) is 6.42 Å². The van der Waals surface area contributed by atoms with Crippen LogP contribution in [0.2, 0.25) is 0 Å². The number of carboxylic acids is 2. The number of thioether (sulfide) groups is 1. The summed E-state index contributed by atoms with van der Waals surface area (Å²) < 4.78 is 20.5. The van der Waals surface area contributed by atoms with Gasteiger partial charge in [-0.25, -0.2) is 0 Å². The maximum absolute atomic E-state index is 12.2. The third-order valence-electron chi connectivity index (χ3n) is 3.95. The molecule has 8 N–H and O–H groups in total. The molecular formula is C18H24AsN4O9S. The molecule has 0 bridgehead atoms. The minimum absolute atomic E-state index is 0.0667. The van der Waals surface area contributed by atoms with Gasteiger partial charge in [-0.1, -0.05) is 0 Å². The van der Waals surface area contributed by atoms with E-state index in [0.29, 0.717) is 5.69 Å². The Balaban J connectivity index is 2.60. The number of carboxylic acid groups (broad SMARTS) is 2. The Hall–Kier alpha value is -2.80. The van der Waals surface area contributed by atoms with Crippen molar-refractivity contribution in [1.82, 2.24) is 10.6 Å². The fourth-order valence-corrected chi connectivity index (χ4v) is 3.98. The molecule has 0 aliphatic heterocycles. The zero-order valence-electron chi connectivity index (χ0n) is 17.2. The molecule has 0 aromatic heterocycles. The topological polar surface area (TPSA) is 225 Å². The monoisotopic (exact) mass is 547 g/mol. The van der Waals surface area contributed by atoms with Crippen molar-refractivity contribution in [2.24, 2.45) is 5.73 Å². The van der Waals surface area contributed by atoms with Crippen LogP contribution in [0.5, 0.6) is 0 Å². The first-order valence-electron chi connectivity index (χ1n) is 9.40. The summed E-state index contributed by atoms with van der Waals surface area (Å²) in [6.07, 6.45) is -0.427. The fourth-order valence-electron chi connectivity index (χ4n) is 2.28. The van der Waals surface area contributed by atoms with Gasteiger partial charge in [-0.2, -0.15) is 0 Å². The molecule has 1 rings (SSSR count). The molecule has 0 fully saturated rings. The van der Waals surface area contributed by atoms with E-state index in [4.69, 9.17) is 20.0 Å². The normalized spacial score (nSPS) is 12.7. The molecule has 0 aliphatic carbocycles. The van der Waals surface area contributed by atoms with E-state index in [-0.39, 0.29) is 28.7 Å². The molecule has 3 atom stereocenters. The van der Waals surface area contributed by atoms with E-state index in [1.54, 1.807) is 0 Å². The van der Waals surface area contributed by atoms with Crippen molar-refractivity contribution < 1.29 is 42.0 Å². The summed E-state index contributed by atoms with van der Waals surface area (Å²) in [7, 11) is 0. The Bertz CT molecular complexity index is 897. The third-order valence-corrected chi connectivity index (χ3v) is 6.54. The SMILES string of the molecule is NC(CCC(=O)NC(CSCC(=O)Nc1ccc([As](=O)O)cc1)C(=O)NCC(=O)O)C(=O)O. The molecule has 3 unspecified atom stereocenters. The van der Waals surface area contributed by atoms with Crippen molar-refractivity contribution >= 4 is 66.4 Å². The van der Waals surface area contributed by atoms with Crippen molar-refractivity contribution in [2.45, 2.75) is 24.9 Å². The second kappa shape index (κ2) is 14.4. The Kier molecular flexibility index (Phi) is 12.3. The van der Waals surface area contributed by atoms with Crippen LogP contribution in [-0.4, -0.2) is 89.0 Å². The quantitative estimate of drug-likeness (QED) is 0.119. The summed E-state index contributed by atoms with van der Waals surface area (Å²) in [5, 5.41) is 24.5. The molecule has 0 heterocycles. The second-order valence-corrected chi connectivity index (χ2v) is 9.86. The van der Waals surface area contributed by atoms with Crippen molar-refractivity contribution in [3.63, 3.8) is 0 Å². The Morgan fingerprint density at radius 3 is 2.24 bits per heavy atom. The van der Waals surface area contributed by atoms with Gasteiger partial charge in [0.05, 0.1) is 0 Å². The van der Waals surface area contributed by atoms with Crippen LogP contribution in [0.25, 0.3) is 0 Å². The van der Waals surface area contributed by atoms with Crippen LogP contribution in [0.3, 0.4) is 0 Å². The van der Waals surface area contributed by atoms with Gasteiger partial charge in [0.2, 0.25) is 0 Å². The summed E-state index contributed by atoms with van der Waals surface area (Å²) in [4.78, 5) is 57.8. The average Bonchev–Trinajstić information content (AvgIpc) is 2.75. The first-order valence-corrected chi connectivity index (χ1v) is 13.1. The van der Waals surface area contributed by atoms with E-state index in [9.17, 15) is 27.7 Å². The summed E-state index contributed by atoms with van der Waals surface area (Å²) in [5.74, 6) is -4.61. The molecule has 1 aromatic carbocycles. The molecular weight excluding hydrogens is 523 g/mol. The minimum Gasteiger partial charge on any atom is -0.480 e. The van der Waals surface area contributed by atoms with Crippen LogP contribution in [-0.2, 0) is 27.7 Å². The van der Waals surface area contributed by atoms with Crippen LogP contribution in [0.15, 0.2) is 24.3 Å². The first kappa shape index (κ1) is 28.2. The van der Waals surface area contributed by atoms with Gasteiger partial charge >= 0.3 is 142 Å². The first-order chi connectivity index (χ1) is 15.5. The Morgan fingerprint density at radius 2 is 1.70 bits per heavy atom. The number of rotatable bonds is 14. The number of carbonyl (C=O) groups excluding carboxylic acids is 3. The predicted molar refractivity (Wildman–Crippen MR) is 118 cm³/mol. The molecule has 1 aromatic rings. The van der Waals surface area contributed by atoms with Crippen molar-refractivity contribution in [1.29, 1.82) is 0 Å². The van der Waals surface area contributed by atoms with Gasteiger partial charge in [-0.15, -0.1) is 0 Å². The fraction of sp³-hybridized carbons (Fsp3) is 0.389. The zero-order chi connectivity index (χ0) is 25.0. The van der Waals surface area contributed by atoms with Crippen LogP contribution >= 0.6 is 11.8 Å². The number of benzene rings is 1. The second-order valence-electron chi connectivity index (χ2n) is 6.60. The number of anilines is 1. The molecule has 3 amide bonds. The standard InChI is InChI=1S/C18H24AsN4O9S/c20-12(18(29)30)5-6-14(24)23-13(17(28)21-7-16(26)27)8-33-9-15(25)22-11-3-1-10(2-4-11)19(31)32/h1-4,12-13H,5-9,20H2,(H,21,28)(H,22,25)(H,23,24)(H,26,27)(H,29,30)(H,31,32). The minimum atomic E-state index is -3.24. The summed E-state index contributed by atoms with van der Waals surface area (Å²) >= 11 is -2.25. The number of hydrogen-bond donors (Lipinski definition) is 7. The van der Waals surface area contributed by atoms with Gasteiger partial charge < -0.3 is 15.9 Å². The van der Waals surface area contributed by atoms with Crippen LogP contribution in [0, 0.1) is 0 Å². The average molecular weight is 547 g/mol. The molecule has 181 valence electrons. The molecule has 15 heteroatoms. The molecule has 0 spiro atoms. The summed E-state index contributed by atoms with van der Waals surface area (Å²) in [5.41, 5.74) is 5.74. The number of nitrogens with one attached hydrogen (secondary N) is 3. The molecule has 0 saturated heterocycles. The Morgan fingerprint density at radius 1 is 1.06 bits per heavy atom. The molecule has 0 aliphatic rings. The van der Waals surface area contributed by atoms with E-state index in [1.165, 1.54) is 24.3 Å². The maximum atomic E-state index is 12.2. The third kappa shape index (κ3) is 11.6. The smallest absolute Gasteiger partial charge is 0.480 e. The molecule has 0 saturated carbocycles.